The smallest absolute Gasteiger partial charge is 0.343 e. The van der Waals surface area contributed by atoms with Crippen molar-refractivity contribution in [2.24, 2.45) is 0 Å². The molecule has 0 atom stereocenters. The number of hydrogen-bond donors (Lipinski definition) is 0. The molecule has 1 fully saturated rings. The van der Waals surface area contributed by atoms with Crippen LogP contribution in [-0.4, -0.2) is 45.5 Å². The van der Waals surface area contributed by atoms with Gasteiger partial charge in [0.15, 0.2) is 0 Å². The van der Waals surface area contributed by atoms with Crippen LogP contribution in [0.5, 0.6) is 0 Å². The third-order valence-electron chi connectivity index (χ3n) is 3.54. The normalized spacial score (nSPS) is 16.0. The maximum Gasteiger partial charge on any atom is 0.433 e. The fourth-order valence-corrected chi connectivity index (χ4v) is 3.07. The molecule has 6 nitrogen and oxygen atoms in total. The fourth-order valence-electron chi connectivity index (χ4n) is 2.27. The molecule has 0 saturated carbocycles. The van der Waals surface area contributed by atoms with E-state index in [1.165, 1.54) is 11.5 Å². The van der Waals surface area contributed by atoms with Crippen LogP contribution in [0.2, 0.25) is 0 Å². The quantitative estimate of drug-likeness (QED) is 0.851. The standard InChI is InChI=1S/C13H15F3N6S/c1-2-10-19-12(23-20-10)22-7-5-21(6-8-22)11-17-4-3-9(18-11)13(14,15)16/h3-4H,2,5-8H2,1H3. The van der Waals surface area contributed by atoms with Gasteiger partial charge < -0.3 is 9.80 Å². The van der Waals surface area contributed by atoms with Crippen LogP contribution in [0.4, 0.5) is 24.3 Å². The first-order chi connectivity index (χ1) is 11.0. The Balaban J connectivity index is 1.67. The van der Waals surface area contributed by atoms with E-state index in [2.05, 4.69) is 24.2 Å². The number of piperazine rings is 1. The SMILES string of the molecule is CCc1nsc(N2CCN(c3nccc(C(F)(F)F)n3)CC2)n1. The molecule has 0 bridgehead atoms. The average molecular weight is 344 g/mol. The number of halogens is 3. The molecule has 0 spiro atoms. The number of anilines is 2. The number of aromatic nitrogens is 4. The van der Waals surface area contributed by atoms with Gasteiger partial charge in [-0.2, -0.15) is 17.5 Å². The van der Waals surface area contributed by atoms with E-state index < -0.39 is 11.9 Å². The molecule has 0 aliphatic carbocycles. The van der Waals surface area contributed by atoms with E-state index in [-0.39, 0.29) is 5.95 Å². The molecular weight excluding hydrogens is 329 g/mol. The number of aryl methyl sites for hydroxylation is 1. The first-order valence-electron chi connectivity index (χ1n) is 7.20. The summed E-state index contributed by atoms with van der Waals surface area (Å²) in [5, 5.41) is 0.853. The molecule has 0 N–H and O–H groups in total. The maximum atomic E-state index is 12.7. The van der Waals surface area contributed by atoms with Crippen molar-refractivity contribution in [3.63, 3.8) is 0 Å². The second-order valence-electron chi connectivity index (χ2n) is 5.06. The summed E-state index contributed by atoms with van der Waals surface area (Å²) < 4.78 is 42.4. The molecule has 23 heavy (non-hydrogen) atoms. The number of rotatable bonds is 3. The minimum absolute atomic E-state index is 0.117. The van der Waals surface area contributed by atoms with Gasteiger partial charge in [0.05, 0.1) is 0 Å². The van der Waals surface area contributed by atoms with Crippen molar-refractivity contribution < 1.29 is 13.2 Å². The maximum absolute atomic E-state index is 12.7. The highest BCUT2D eigenvalue weighted by molar-refractivity contribution is 7.09. The Morgan fingerprint density at radius 1 is 1.13 bits per heavy atom. The van der Waals surface area contributed by atoms with E-state index in [1.807, 2.05) is 6.92 Å². The lowest BCUT2D eigenvalue weighted by atomic mass is 10.3. The van der Waals surface area contributed by atoms with E-state index in [9.17, 15) is 13.2 Å². The van der Waals surface area contributed by atoms with E-state index >= 15 is 0 Å². The number of hydrogen-bond acceptors (Lipinski definition) is 7. The monoisotopic (exact) mass is 344 g/mol. The van der Waals surface area contributed by atoms with Gasteiger partial charge >= 0.3 is 6.18 Å². The minimum atomic E-state index is -4.46. The summed E-state index contributed by atoms with van der Waals surface area (Å²) in [7, 11) is 0. The number of alkyl halides is 3. The lowest BCUT2D eigenvalue weighted by Gasteiger charge is -2.34. The molecule has 0 amide bonds. The minimum Gasteiger partial charge on any atom is -0.343 e. The molecule has 2 aromatic heterocycles. The fraction of sp³-hybridized carbons (Fsp3) is 0.538. The Morgan fingerprint density at radius 2 is 1.83 bits per heavy atom. The summed E-state index contributed by atoms with van der Waals surface area (Å²) in [6.07, 6.45) is -2.52. The molecule has 3 rings (SSSR count). The van der Waals surface area contributed by atoms with Gasteiger partial charge in [0.25, 0.3) is 0 Å². The predicted octanol–water partition coefficient (Wildman–Crippen LogP) is 2.24. The van der Waals surface area contributed by atoms with Crippen molar-refractivity contribution in [3.05, 3.63) is 23.8 Å². The van der Waals surface area contributed by atoms with Gasteiger partial charge in [-0.3, -0.25) is 0 Å². The highest BCUT2D eigenvalue weighted by atomic mass is 32.1. The third-order valence-corrected chi connectivity index (χ3v) is 4.35. The summed E-state index contributed by atoms with van der Waals surface area (Å²) in [5.41, 5.74) is -0.915. The van der Waals surface area contributed by atoms with Crippen LogP contribution in [0.15, 0.2) is 12.3 Å². The van der Waals surface area contributed by atoms with Gasteiger partial charge in [-0.25, -0.2) is 15.0 Å². The second-order valence-corrected chi connectivity index (χ2v) is 5.79. The Bertz CT molecular complexity index is 666. The molecule has 2 aromatic rings. The molecule has 1 saturated heterocycles. The molecule has 0 unspecified atom stereocenters. The van der Waals surface area contributed by atoms with Crippen LogP contribution >= 0.6 is 11.5 Å². The van der Waals surface area contributed by atoms with Gasteiger partial charge in [-0.15, -0.1) is 0 Å². The van der Waals surface area contributed by atoms with E-state index in [4.69, 9.17) is 0 Å². The van der Waals surface area contributed by atoms with Crippen molar-refractivity contribution in [1.82, 2.24) is 19.3 Å². The Morgan fingerprint density at radius 3 is 2.43 bits per heavy atom. The van der Waals surface area contributed by atoms with E-state index in [0.717, 1.165) is 29.6 Å². The topological polar surface area (TPSA) is 58.0 Å². The summed E-state index contributed by atoms with van der Waals surface area (Å²) in [5.74, 6) is 0.930. The molecule has 0 radical (unpaired) electrons. The van der Waals surface area contributed by atoms with Crippen molar-refractivity contribution in [2.75, 3.05) is 36.0 Å². The summed E-state index contributed by atoms with van der Waals surface area (Å²) >= 11 is 1.35. The molecule has 124 valence electrons. The van der Waals surface area contributed by atoms with Crippen LogP contribution in [0.3, 0.4) is 0 Å². The van der Waals surface area contributed by atoms with Crippen molar-refractivity contribution in [3.8, 4) is 0 Å². The predicted molar refractivity (Wildman–Crippen MR) is 80.7 cm³/mol. The van der Waals surface area contributed by atoms with Crippen molar-refractivity contribution >= 4 is 22.6 Å². The Hall–Kier alpha value is -1.97. The number of nitrogens with zero attached hydrogens (tertiary/aromatic N) is 6. The van der Waals surface area contributed by atoms with Crippen LogP contribution in [0, 0.1) is 0 Å². The summed E-state index contributed by atoms with van der Waals surface area (Å²) in [6.45, 7) is 4.38. The van der Waals surface area contributed by atoms with Crippen molar-refractivity contribution in [1.29, 1.82) is 0 Å². The zero-order valence-corrected chi connectivity index (χ0v) is 13.2. The molecule has 1 aliphatic rings. The summed E-state index contributed by atoms with van der Waals surface area (Å²) in [6, 6.07) is 0.882. The highest BCUT2D eigenvalue weighted by Gasteiger charge is 2.33. The molecular formula is C13H15F3N6S. The first-order valence-corrected chi connectivity index (χ1v) is 7.97. The summed E-state index contributed by atoms with van der Waals surface area (Å²) in [4.78, 5) is 15.9. The molecule has 0 aromatic carbocycles. The Labute approximate surface area is 135 Å². The zero-order chi connectivity index (χ0) is 16.4. The average Bonchev–Trinajstić information content (AvgIpc) is 3.03. The van der Waals surface area contributed by atoms with Crippen LogP contribution in [0.1, 0.15) is 18.4 Å². The van der Waals surface area contributed by atoms with E-state index in [0.29, 0.717) is 26.2 Å². The molecule has 1 aliphatic heterocycles. The zero-order valence-electron chi connectivity index (χ0n) is 12.4. The van der Waals surface area contributed by atoms with Gasteiger partial charge in [0.2, 0.25) is 11.1 Å². The molecule has 3 heterocycles. The molecule has 10 heteroatoms. The lowest BCUT2D eigenvalue weighted by Crippen LogP contribution is -2.47. The van der Waals surface area contributed by atoms with E-state index in [1.54, 1.807) is 4.90 Å². The van der Waals surface area contributed by atoms with Gasteiger partial charge in [0, 0.05) is 50.3 Å². The third kappa shape index (κ3) is 3.52. The van der Waals surface area contributed by atoms with Gasteiger partial charge in [0.1, 0.15) is 11.5 Å². The lowest BCUT2D eigenvalue weighted by molar-refractivity contribution is -0.141. The second kappa shape index (κ2) is 6.26. The highest BCUT2D eigenvalue weighted by Crippen LogP contribution is 2.28. The van der Waals surface area contributed by atoms with Crippen molar-refractivity contribution in [2.45, 2.75) is 19.5 Å². The Kier molecular flexibility index (Phi) is 4.33. The van der Waals surface area contributed by atoms with Crippen LogP contribution < -0.4 is 9.80 Å². The van der Waals surface area contributed by atoms with Gasteiger partial charge in [-0.05, 0) is 6.07 Å². The van der Waals surface area contributed by atoms with Gasteiger partial charge in [-0.1, -0.05) is 6.92 Å². The van der Waals surface area contributed by atoms with Crippen LogP contribution in [-0.2, 0) is 12.6 Å². The van der Waals surface area contributed by atoms with Crippen LogP contribution in [0.25, 0.3) is 0 Å². The largest absolute Gasteiger partial charge is 0.433 e. The first kappa shape index (κ1) is 15.9.